The highest BCUT2D eigenvalue weighted by Gasteiger charge is 2.15. The Morgan fingerprint density at radius 1 is 1.39 bits per heavy atom. The highest BCUT2D eigenvalue weighted by Crippen LogP contribution is 2.24. The molecule has 0 fully saturated rings. The topological polar surface area (TPSA) is 60.6 Å². The van der Waals surface area contributed by atoms with Crippen molar-refractivity contribution in [3.8, 4) is 5.88 Å². The number of nitrogen functional groups attached to an aromatic ring is 1. The molecule has 0 aliphatic heterocycles. The van der Waals surface area contributed by atoms with Gasteiger partial charge < -0.3 is 20.1 Å². The molecule has 18 heavy (non-hydrogen) atoms. The number of hydrogen-bond acceptors (Lipinski definition) is 5. The molecule has 1 aromatic heterocycles. The minimum atomic E-state index is 0.390. The van der Waals surface area contributed by atoms with Crippen LogP contribution in [-0.4, -0.2) is 38.4 Å². The van der Waals surface area contributed by atoms with Crippen LogP contribution in [0.1, 0.15) is 20.3 Å². The molecule has 0 amide bonds. The van der Waals surface area contributed by atoms with E-state index >= 15 is 0 Å². The first-order chi connectivity index (χ1) is 8.63. The molecule has 0 aliphatic carbocycles. The van der Waals surface area contributed by atoms with Gasteiger partial charge in [-0.25, -0.2) is 0 Å². The molecule has 2 N–H and O–H groups in total. The molecule has 1 unspecified atom stereocenters. The molecular formula is C13H23N3O2. The number of rotatable bonds is 7. The molecule has 0 aromatic carbocycles. The third kappa shape index (κ3) is 3.50. The number of nitrogens with zero attached hydrogens (tertiary/aromatic N) is 2. The Balaban J connectivity index is 2.96. The molecule has 0 spiro atoms. The molecule has 1 rings (SSSR count). The third-order valence-corrected chi connectivity index (χ3v) is 3.02. The van der Waals surface area contributed by atoms with Crippen LogP contribution in [0.5, 0.6) is 5.88 Å². The molecule has 1 heterocycles. The van der Waals surface area contributed by atoms with Gasteiger partial charge in [0.05, 0.1) is 19.4 Å². The first kappa shape index (κ1) is 14.6. The Morgan fingerprint density at radius 2 is 2.11 bits per heavy atom. The summed E-state index contributed by atoms with van der Waals surface area (Å²) >= 11 is 0. The van der Waals surface area contributed by atoms with Crippen LogP contribution < -0.4 is 15.4 Å². The number of aromatic nitrogens is 1. The van der Waals surface area contributed by atoms with Crippen LogP contribution in [0.2, 0.25) is 0 Å². The summed E-state index contributed by atoms with van der Waals surface area (Å²) in [5.74, 6) is 1.34. The van der Waals surface area contributed by atoms with E-state index in [1.54, 1.807) is 14.2 Å². The van der Waals surface area contributed by atoms with Crippen LogP contribution in [0.15, 0.2) is 12.1 Å². The standard InChI is InChI=1S/C13H23N3O2/c1-5-10(2)16(8-9-17-3)12-7-6-11(14)13(15-12)18-4/h6-7,10H,5,8-9,14H2,1-4H3. The van der Waals surface area contributed by atoms with Crippen molar-refractivity contribution in [2.75, 3.05) is 38.0 Å². The van der Waals surface area contributed by atoms with Gasteiger partial charge in [0.25, 0.3) is 0 Å². The predicted molar refractivity (Wildman–Crippen MR) is 74.2 cm³/mol. The van der Waals surface area contributed by atoms with Gasteiger partial charge in [0.2, 0.25) is 5.88 Å². The summed E-state index contributed by atoms with van der Waals surface area (Å²) in [5.41, 5.74) is 6.33. The van der Waals surface area contributed by atoms with Gasteiger partial charge in [0.15, 0.2) is 0 Å². The molecule has 0 saturated heterocycles. The quantitative estimate of drug-likeness (QED) is 0.804. The summed E-state index contributed by atoms with van der Waals surface area (Å²) in [6.07, 6.45) is 1.04. The summed E-state index contributed by atoms with van der Waals surface area (Å²) in [7, 11) is 3.27. The van der Waals surface area contributed by atoms with E-state index in [4.69, 9.17) is 15.2 Å². The van der Waals surface area contributed by atoms with E-state index in [9.17, 15) is 0 Å². The minimum absolute atomic E-state index is 0.390. The minimum Gasteiger partial charge on any atom is -0.479 e. The van der Waals surface area contributed by atoms with Gasteiger partial charge in [-0.2, -0.15) is 4.98 Å². The fourth-order valence-electron chi connectivity index (χ4n) is 1.74. The van der Waals surface area contributed by atoms with Crippen molar-refractivity contribution in [3.63, 3.8) is 0 Å². The van der Waals surface area contributed by atoms with Gasteiger partial charge in [0.1, 0.15) is 5.82 Å². The Hall–Kier alpha value is -1.49. The monoisotopic (exact) mass is 253 g/mol. The zero-order valence-electron chi connectivity index (χ0n) is 11.6. The molecule has 0 aliphatic rings. The van der Waals surface area contributed by atoms with Crippen molar-refractivity contribution >= 4 is 11.5 Å². The lowest BCUT2D eigenvalue weighted by atomic mass is 10.2. The molecule has 102 valence electrons. The smallest absolute Gasteiger partial charge is 0.238 e. The van der Waals surface area contributed by atoms with Crippen molar-refractivity contribution < 1.29 is 9.47 Å². The molecular weight excluding hydrogens is 230 g/mol. The summed E-state index contributed by atoms with van der Waals surface area (Å²) < 4.78 is 10.3. The Labute approximate surface area is 109 Å². The van der Waals surface area contributed by atoms with Gasteiger partial charge >= 0.3 is 0 Å². The molecule has 0 bridgehead atoms. The third-order valence-electron chi connectivity index (χ3n) is 3.02. The number of pyridine rings is 1. The largest absolute Gasteiger partial charge is 0.479 e. The van der Waals surface area contributed by atoms with Crippen LogP contribution in [-0.2, 0) is 4.74 Å². The average Bonchev–Trinajstić information content (AvgIpc) is 2.40. The van der Waals surface area contributed by atoms with Crippen LogP contribution in [0, 0.1) is 0 Å². The lowest BCUT2D eigenvalue weighted by Gasteiger charge is -2.29. The molecule has 5 nitrogen and oxygen atoms in total. The molecule has 0 radical (unpaired) electrons. The van der Waals surface area contributed by atoms with Gasteiger partial charge in [-0.1, -0.05) is 6.92 Å². The summed E-state index contributed by atoms with van der Waals surface area (Å²) in [6, 6.07) is 4.13. The number of ether oxygens (including phenoxy) is 2. The summed E-state index contributed by atoms with van der Waals surface area (Å²) in [6.45, 7) is 5.78. The maximum absolute atomic E-state index is 5.78. The van der Waals surface area contributed by atoms with Crippen LogP contribution in [0.4, 0.5) is 11.5 Å². The fourth-order valence-corrected chi connectivity index (χ4v) is 1.74. The Kier molecular flexibility index (Phi) is 5.71. The van der Waals surface area contributed by atoms with E-state index < -0.39 is 0 Å². The fraction of sp³-hybridized carbons (Fsp3) is 0.615. The van der Waals surface area contributed by atoms with E-state index in [-0.39, 0.29) is 0 Å². The zero-order valence-corrected chi connectivity index (χ0v) is 11.6. The summed E-state index contributed by atoms with van der Waals surface area (Å²) in [5, 5.41) is 0. The van der Waals surface area contributed by atoms with Crippen molar-refractivity contribution in [2.24, 2.45) is 0 Å². The zero-order chi connectivity index (χ0) is 13.5. The van der Waals surface area contributed by atoms with Gasteiger partial charge in [-0.3, -0.25) is 0 Å². The van der Waals surface area contributed by atoms with Crippen LogP contribution >= 0.6 is 0 Å². The molecule has 1 atom stereocenters. The number of anilines is 2. The van der Waals surface area contributed by atoms with E-state index in [1.165, 1.54) is 0 Å². The van der Waals surface area contributed by atoms with E-state index in [1.807, 2.05) is 12.1 Å². The average molecular weight is 253 g/mol. The first-order valence-corrected chi connectivity index (χ1v) is 6.20. The van der Waals surface area contributed by atoms with Crippen molar-refractivity contribution in [1.29, 1.82) is 0 Å². The molecule has 5 heteroatoms. The summed E-state index contributed by atoms with van der Waals surface area (Å²) in [4.78, 5) is 6.64. The molecule has 1 aromatic rings. The van der Waals surface area contributed by atoms with Gasteiger partial charge in [0, 0.05) is 19.7 Å². The van der Waals surface area contributed by atoms with Crippen molar-refractivity contribution in [3.05, 3.63) is 12.1 Å². The predicted octanol–water partition coefficient (Wildman–Crippen LogP) is 1.92. The number of methoxy groups -OCH3 is 2. The van der Waals surface area contributed by atoms with Crippen LogP contribution in [0.25, 0.3) is 0 Å². The lowest BCUT2D eigenvalue weighted by Crippen LogP contribution is -2.36. The molecule has 0 saturated carbocycles. The second kappa shape index (κ2) is 7.06. The number of hydrogen-bond donors (Lipinski definition) is 1. The normalized spacial score (nSPS) is 12.2. The number of nitrogens with two attached hydrogens (primary N) is 1. The van der Waals surface area contributed by atoms with E-state index in [0.717, 1.165) is 18.8 Å². The highest BCUT2D eigenvalue weighted by molar-refractivity contribution is 5.54. The Bertz CT molecular complexity index is 371. The van der Waals surface area contributed by atoms with Gasteiger partial charge in [-0.15, -0.1) is 0 Å². The maximum atomic E-state index is 5.78. The van der Waals surface area contributed by atoms with Crippen molar-refractivity contribution in [2.45, 2.75) is 26.3 Å². The van der Waals surface area contributed by atoms with E-state index in [0.29, 0.717) is 24.2 Å². The van der Waals surface area contributed by atoms with Crippen molar-refractivity contribution in [1.82, 2.24) is 4.98 Å². The maximum Gasteiger partial charge on any atom is 0.238 e. The second-order valence-electron chi connectivity index (χ2n) is 4.21. The highest BCUT2D eigenvalue weighted by atomic mass is 16.5. The van der Waals surface area contributed by atoms with Gasteiger partial charge in [-0.05, 0) is 25.5 Å². The second-order valence-corrected chi connectivity index (χ2v) is 4.21. The first-order valence-electron chi connectivity index (χ1n) is 6.20. The Morgan fingerprint density at radius 3 is 2.67 bits per heavy atom. The SMILES string of the molecule is CCC(C)N(CCOC)c1ccc(N)c(OC)n1. The van der Waals surface area contributed by atoms with Crippen LogP contribution in [0.3, 0.4) is 0 Å². The lowest BCUT2D eigenvalue weighted by molar-refractivity contribution is 0.203. The van der Waals surface area contributed by atoms with E-state index in [2.05, 4.69) is 23.7 Å².